The van der Waals surface area contributed by atoms with E-state index in [0.717, 1.165) is 16.8 Å². The molecule has 1 amide bonds. The lowest BCUT2D eigenvalue weighted by molar-refractivity contribution is 0.233. The third kappa shape index (κ3) is 3.79. The average molecular weight is 255 g/mol. The van der Waals surface area contributed by atoms with Crippen molar-refractivity contribution in [3.05, 3.63) is 30.3 Å². The summed E-state index contributed by atoms with van der Waals surface area (Å²) >= 11 is 2.32. The second-order valence-corrected chi connectivity index (χ2v) is 4.82. The minimum absolute atomic E-state index is 0.0856. The van der Waals surface area contributed by atoms with Crippen LogP contribution in [0.4, 0.5) is 4.79 Å². The van der Waals surface area contributed by atoms with Crippen LogP contribution in [0, 0.1) is 6.92 Å². The van der Waals surface area contributed by atoms with E-state index < -0.39 is 0 Å². The van der Waals surface area contributed by atoms with E-state index in [2.05, 4.69) is 22.5 Å². The van der Waals surface area contributed by atoms with Gasteiger partial charge in [-0.05, 0) is 18.5 Å². The topological polar surface area (TPSA) is 46.1 Å². The maximum Gasteiger partial charge on any atom is 0.290 e. The number of hydrogen-bond donors (Lipinski definition) is 0. The van der Waals surface area contributed by atoms with Gasteiger partial charge in [0.15, 0.2) is 0 Å². The van der Waals surface area contributed by atoms with Gasteiger partial charge in [0.05, 0.1) is 0 Å². The van der Waals surface area contributed by atoms with Gasteiger partial charge < -0.3 is 4.90 Å². The largest absolute Gasteiger partial charge is 0.326 e. The van der Waals surface area contributed by atoms with Gasteiger partial charge in [-0.1, -0.05) is 12.2 Å². The second-order valence-electron chi connectivity index (χ2n) is 2.95. The zero-order valence-corrected chi connectivity index (χ0v) is 10.7. The molecule has 86 valence electrons. The highest BCUT2D eigenvalue weighted by Gasteiger charge is 2.14. The van der Waals surface area contributed by atoms with Gasteiger partial charge in [0.2, 0.25) is 5.16 Å². The van der Waals surface area contributed by atoms with E-state index in [9.17, 15) is 4.79 Å². The Labute approximate surface area is 103 Å². The number of aryl methyl sites for hydroxylation is 1. The Bertz CT molecular complexity index is 379. The van der Waals surface area contributed by atoms with E-state index in [4.69, 9.17) is 0 Å². The summed E-state index contributed by atoms with van der Waals surface area (Å²) < 4.78 is 4.05. The Morgan fingerprint density at radius 2 is 2.12 bits per heavy atom. The SMILES string of the molecule is C=CCN(CC=C)C(=O)Sc1nsc(C)n1. The van der Waals surface area contributed by atoms with Gasteiger partial charge in [-0.3, -0.25) is 4.79 Å². The van der Waals surface area contributed by atoms with Gasteiger partial charge in [0, 0.05) is 24.9 Å². The summed E-state index contributed by atoms with van der Waals surface area (Å²) in [6, 6.07) is 0. The van der Waals surface area contributed by atoms with Gasteiger partial charge in [-0.2, -0.15) is 4.37 Å². The highest BCUT2D eigenvalue weighted by Crippen LogP contribution is 2.19. The van der Waals surface area contributed by atoms with Crippen LogP contribution in [0.15, 0.2) is 30.5 Å². The molecule has 0 radical (unpaired) electrons. The summed E-state index contributed by atoms with van der Waals surface area (Å²) in [5.74, 6) is 0. The van der Waals surface area contributed by atoms with Crippen molar-refractivity contribution >= 4 is 28.5 Å². The Kier molecular flexibility index (Phi) is 5.21. The van der Waals surface area contributed by atoms with Crippen molar-refractivity contribution in [2.45, 2.75) is 12.1 Å². The van der Waals surface area contributed by atoms with Gasteiger partial charge in [-0.15, -0.1) is 13.2 Å². The molecule has 1 aromatic heterocycles. The minimum atomic E-state index is -0.0856. The molecule has 0 spiro atoms. The number of hydrogen-bond acceptors (Lipinski definition) is 5. The molecule has 1 aromatic rings. The van der Waals surface area contributed by atoms with Crippen molar-refractivity contribution in [3.63, 3.8) is 0 Å². The van der Waals surface area contributed by atoms with Crippen molar-refractivity contribution in [1.82, 2.24) is 14.3 Å². The maximum atomic E-state index is 11.8. The minimum Gasteiger partial charge on any atom is -0.326 e. The average Bonchev–Trinajstić information content (AvgIpc) is 2.63. The summed E-state index contributed by atoms with van der Waals surface area (Å²) in [7, 11) is 0. The summed E-state index contributed by atoms with van der Waals surface area (Å²) in [4.78, 5) is 17.6. The molecular weight excluding hydrogens is 242 g/mol. The van der Waals surface area contributed by atoms with E-state index in [0.29, 0.717) is 18.2 Å². The fourth-order valence-electron chi connectivity index (χ4n) is 1.000. The van der Waals surface area contributed by atoms with Crippen LogP contribution >= 0.6 is 23.3 Å². The van der Waals surface area contributed by atoms with E-state index in [1.54, 1.807) is 17.1 Å². The predicted octanol–water partition coefficient (Wildman–Crippen LogP) is 2.73. The lowest BCUT2D eigenvalue weighted by Crippen LogP contribution is -2.27. The summed E-state index contributed by atoms with van der Waals surface area (Å²) in [5.41, 5.74) is 0. The molecule has 0 saturated carbocycles. The molecule has 0 fully saturated rings. The second kappa shape index (κ2) is 6.44. The molecule has 6 heteroatoms. The molecule has 0 unspecified atom stereocenters. The maximum absolute atomic E-state index is 11.8. The quantitative estimate of drug-likeness (QED) is 0.599. The van der Waals surface area contributed by atoms with Crippen molar-refractivity contribution in [1.29, 1.82) is 0 Å². The fraction of sp³-hybridized carbons (Fsp3) is 0.300. The zero-order chi connectivity index (χ0) is 12.0. The third-order valence-corrected chi connectivity index (χ3v) is 3.18. The van der Waals surface area contributed by atoms with Gasteiger partial charge >= 0.3 is 0 Å². The molecule has 1 rings (SSSR count). The highest BCUT2D eigenvalue weighted by atomic mass is 32.2. The summed E-state index contributed by atoms with van der Waals surface area (Å²) in [6.45, 7) is 10.1. The normalized spacial score (nSPS) is 9.81. The van der Waals surface area contributed by atoms with Crippen LogP contribution < -0.4 is 0 Å². The van der Waals surface area contributed by atoms with Crippen LogP contribution in [-0.4, -0.2) is 32.6 Å². The van der Waals surface area contributed by atoms with Crippen molar-refractivity contribution in [3.8, 4) is 0 Å². The highest BCUT2D eigenvalue weighted by molar-refractivity contribution is 8.13. The first-order chi connectivity index (χ1) is 7.67. The Balaban J connectivity index is 2.60. The van der Waals surface area contributed by atoms with Crippen LogP contribution in [0.3, 0.4) is 0 Å². The van der Waals surface area contributed by atoms with Crippen LogP contribution in [0.2, 0.25) is 0 Å². The summed E-state index contributed by atoms with van der Waals surface area (Å²) in [6.07, 6.45) is 3.36. The number of carbonyl (C=O) groups is 1. The molecule has 0 atom stereocenters. The lowest BCUT2D eigenvalue weighted by Gasteiger charge is -2.17. The van der Waals surface area contributed by atoms with E-state index in [-0.39, 0.29) is 5.24 Å². The first-order valence-corrected chi connectivity index (χ1v) is 6.25. The first kappa shape index (κ1) is 12.9. The molecule has 16 heavy (non-hydrogen) atoms. The number of amides is 1. The molecule has 0 aliphatic carbocycles. The van der Waals surface area contributed by atoms with Gasteiger partial charge in [-0.25, -0.2) is 4.98 Å². The smallest absolute Gasteiger partial charge is 0.290 e. The molecule has 0 aliphatic rings. The molecule has 0 saturated heterocycles. The zero-order valence-electron chi connectivity index (χ0n) is 9.05. The Morgan fingerprint density at radius 1 is 1.50 bits per heavy atom. The number of rotatable bonds is 5. The van der Waals surface area contributed by atoms with Crippen molar-refractivity contribution < 1.29 is 4.79 Å². The third-order valence-electron chi connectivity index (χ3n) is 1.64. The number of nitrogens with zero attached hydrogens (tertiary/aromatic N) is 3. The molecule has 0 aromatic carbocycles. The molecule has 4 nitrogen and oxygen atoms in total. The van der Waals surface area contributed by atoms with Gasteiger partial charge in [0.1, 0.15) is 5.01 Å². The molecule has 0 bridgehead atoms. The standard InChI is InChI=1S/C10H13N3OS2/c1-4-6-13(7-5-2)10(14)15-9-11-8(3)16-12-9/h4-5H,1-2,6-7H2,3H3. The predicted molar refractivity (Wildman–Crippen MR) is 67.9 cm³/mol. The molecule has 0 N–H and O–H groups in total. The Morgan fingerprint density at radius 3 is 2.56 bits per heavy atom. The monoisotopic (exact) mass is 255 g/mol. The summed E-state index contributed by atoms with van der Waals surface area (Å²) in [5, 5.41) is 1.28. The first-order valence-electron chi connectivity index (χ1n) is 4.66. The molecule has 1 heterocycles. The number of thioether (sulfide) groups is 1. The molecule has 0 aliphatic heterocycles. The van der Waals surface area contributed by atoms with E-state index in [1.165, 1.54) is 11.5 Å². The Hall–Kier alpha value is -1.14. The number of aromatic nitrogens is 2. The van der Waals surface area contributed by atoms with Crippen molar-refractivity contribution in [2.75, 3.05) is 13.1 Å². The van der Waals surface area contributed by atoms with E-state index in [1.807, 2.05) is 6.92 Å². The fourth-order valence-corrected chi connectivity index (χ4v) is 2.31. The van der Waals surface area contributed by atoms with Crippen LogP contribution in [0.5, 0.6) is 0 Å². The number of carbonyl (C=O) groups excluding carboxylic acids is 1. The molecular formula is C10H13N3OS2. The van der Waals surface area contributed by atoms with Gasteiger partial charge in [0.25, 0.3) is 5.24 Å². The van der Waals surface area contributed by atoms with Crippen molar-refractivity contribution in [2.24, 2.45) is 0 Å². The van der Waals surface area contributed by atoms with Crippen LogP contribution in [0.25, 0.3) is 0 Å². The van der Waals surface area contributed by atoms with E-state index >= 15 is 0 Å². The van der Waals surface area contributed by atoms with Crippen LogP contribution in [-0.2, 0) is 0 Å². The van der Waals surface area contributed by atoms with Crippen LogP contribution in [0.1, 0.15) is 5.01 Å². The lowest BCUT2D eigenvalue weighted by atomic mass is 10.5.